The molecule has 0 bridgehead atoms. The average Bonchev–Trinajstić information content (AvgIpc) is 2.67. The molecule has 1 aromatic rings. The number of thiazole rings is 1. The highest BCUT2D eigenvalue weighted by atomic mass is 32.1. The lowest BCUT2D eigenvalue weighted by Gasteiger charge is -2.06. The molecule has 0 saturated heterocycles. The molecule has 0 fully saturated rings. The second-order valence-corrected chi connectivity index (χ2v) is 5.34. The van der Waals surface area contributed by atoms with Crippen molar-refractivity contribution in [1.82, 2.24) is 10.3 Å². The summed E-state index contributed by atoms with van der Waals surface area (Å²) in [6.45, 7) is 1.69. The van der Waals surface area contributed by atoms with E-state index in [4.69, 9.17) is 0 Å². The third-order valence-corrected chi connectivity index (χ3v) is 3.53. The molecule has 0 saturated carbocycles. The molecule has 1 N–H and O–H groups in total. The van der Waals surface area contributed by atoms with Gasteiger partial charge in [0.25, 0.3) is 0 Å². The van der Waals surface area contributed by atoms with E-state index in [-0.39, 0.29) is 6.61 Å². The minimum Gasteiger partial charge on any atom is -0.372 e. The first-order chi connectivity index (χ1) is 8.96. The van der Waals surface area contributed by atoms with Crippen LogP contribution in [0.1, 0.15) is 28.9 Å². The standard InChI is InChI=1S/C12H19F3N2OS/c1-3-4-9-10(7-16-2)19-11(17-9)5-6-18-8-12(13,14)15/h16H,3-8H2,1-2H3. The Labute approximate surface area is 115 Å². The summed E-state index contributed by atoms with van der Waals surface area (Å²) < 4.78 is 40.3. The van der Waals surface area contributed by atoms with Gasteiger partial charge in [-0.2, -0.15) is 13.2 Å². The van der Waals surface area contributed by atoms with Crippen molar-refractivity contribution in [2.45, 2.75) is 38.9 Å². The van der Waals surface area contributed by atoms with Crippen LogP contribution >= 0.6 is 11.3 Å². The number of hydrogen-bond acceptors (Lipinski definition) is 4. The van der Waals surface area contributed by atoms with Crippen LogP contribution in [0.25, 0.3) is 0 Å². The minimum absolute atomic E-state index is 0.0532. The quantitative estimate of drug-likeness (QED) is 0.749. The third kappa shape index (κ3) is 6.35. The van der Waals surface area contributed by atoms with Crippen LogP contribution in [0.3, 0.4) is 0 Å². The molecule has 0 atom stereocenters. The number of aromatic nitrogens is 1. The van der Waals surface area contributed by atoms with E-state index in [1.165, 1.54) is 0 Å². The molecule has 7 heteroatoms. The van der Waals surface area contributed by atoms with E-state index >= 15 is 0 Å². The summed E-state index contributed by atoms with van der Waals surface area (Å²) in [4.78, 5) is 5.63. The normalized spacial score (nSPS) is 12.1. The topological polar surface area (TPSA) is 34.1 Å². The van der Waals surface area contributed by atoms with Crippen molar-refractivity contribution < 1.29 is 17.9 Å². The molecule has 0 aliphatic heterocycles. The van der Waals surface area contributed by atoms with Crippen LogP contribution < -0.4 is 5.32 Å². The first-order valence-corrected chi connectivity index (χ1v) is 7.04. The van der Waals surface area contributed by atoms with E-state index in [9.17, 15) is 13.2 Å². The van der Waals surface area contributed by atoms with Gasteiger partial charge in [-0.3, -0.25) is 0 Å². The Morgan fingerprint density at radius 1 is 1.32 bits per heavy atom. The summed E-state index contributed by atoms with van der Waals surface area (Å²) in [5, 5.41) is 3.92. The SMILES string of the molecule is CCCc1nc(CCOCC(F)(F)F)sc1CNC. The van der Waals surface area contributed by atoms with Crippen LogP contribution in [0.15, 0.2) is 0 Å². The van der Waals surface area contributed by atoms with Gasteiger partial charge < -0.3 is 10.1 Å². The summed E-state index contributed by atoms with van der Waals surface area (Å²) in [5.41, 5.74) is 1.05. The van der Waals surface area contributed by atoms with Crippen LogP contribution in [-0.4, -0.2) is 31.4 Å². The van der Waals surface area contributed by atoms with E-state index in [1.54, 1.807) is 11.3 Å². The molecule has 19 heavy (non-hydrogen) atoms. The predicted molar refractivity (Wildman–Crippen MR) is 69.5 cm³/mol. The lowest BCUT2D eigenvalue weighted by molar-refractivity contribution is -0.173. The van der Waals surface area contributed by atoms with E-state index in [1.807, 2.05) is 7.05 Å². The molecule has 0 spiro atoms. The van der Waals surface area contributed by atoms with Crippen molar-refractivity contribution in [2.75, 3.05) is 20.3 Å². The Hall–Kier alpha value is -0.660. The minimum atomic E-state index is -4.26. The molecule has 0 aliphatic rings. The number of hydrogen-bond donors (Lipinski definition) is 1. The average molecular weight is 296 g/mol. The van der Waals surface area contributed by atoms with Crippen molar-refractivity contribution >= 4 is 11.3 Å². The molecular weight excluding hydrogens is 277 g/mol. The van der Waals surface area contributed by atoms with Crippen LogP contribution in [0.4, 0.5) is 13.2 Å². The van der Waals surface area contributed by atoms with E-state index in [0.717, 1.165) is 35.0 Å². The van der Waals surface area contributed by atoms with Crippen LogP contribution in [0, 0.1) is 0 Å². The number of rotatable bonds is 8. The maximum Gasteiger partial charge on any atom is 0.411 e. The summed E-state index contributed by atoms with van der Waals surface area (Å²) in [6.07, 6.45) is -1.92. The second-order valence-electron chi connectivity index (χ2n) is 4.18. The smallest absolute Gasteiger partial charge is 0.372 e. The summed E-state index contributed by atoms with van der Waals surface area (Å²) in [5.74, 6) is 0. The van der Waals surface area contributed by atoms with E-state index < -0.39 is 12.8 Å². The number of ether oxygens (including phenoxy) is 1. The zero-order chi connectivity index (χ0) is 14.3. The van der Waals surface area contributed by atoms with E-state index in [0.29, 0.717) is 6.42 Å². The first kappa shape index (κ1) is 16.4. The summed E-state index contributed by atoms with van der Waals surface area (Å²) in [7, 11) is 1.86. The third-order valence-electron chi connectivity index (χ3n) is 2.37. The maximum atomic E-state index is 11.9. The fourth-order valence-corrected chi connectivity index (χ4v) is 2.73. The van der Waals surface area contributed by atoms with Crippen molar-refractivity contribution in [3.05, 3.63) is 15.6 Å². The van der Waals surface area contributed by atoms with E-state index in [2.05, 4.69) is 22.0 Å². The van der Waals surface area contributed by atoms with Gasteiger partial charge in [0.05, 0.1) is 17.3 Å². The van der Waals surface area contributed by atoms with Crippen LogP contribution in [0.2, 0.25) is 0 Å². The molecule has 0 unspecified atom stereocenters. The second kappa shape index (κ2) is 7.81. The number of aryl methyl sites for hydroxylation is 1. The van der Waals surface area contributed by atoms with Crippen molar-refractivity contribution in [2.24, 2.45) is 0 Å². The van der Waals surface area contributed by atoms with Gasteiger partial charge in [-0.05, 0) is 13.5 Å². The lowest BCUT2D eigenvalue weighted by atomic mass is 10.2. The molecule has 0 amide bonds. The van der Waals surface area contributed by atoms with Gasteiger partial charge in [0.15, 0.2) is 0 Å². The van der Waals surface area contributed by atoms with Gasteiger partial charge in [-0.1, -0.05) is 13.3 Å². The molecule has 1 heterocycles. The molecular formula is C12H19F3N2OS. The van der Waals surface area contributed by atoms with Crippen LogP contribution in [-0.2, 0) is 24.1 Å². The summed E-state index contributed by atoms with van der Waals surface area (Å²) >= 11 is 1.55. The number of halogens is 3. The predicted octanol–water partition coefficient (Wildman–Crippen LogP) is 2.94. The number of nitrogens with zero attached hydrogens (tertiary/aromatic N) is 1. The van der Waals surface area contributed by atoms with Crippen molar-refractivity contribution in [3.63, 3.8) is 0 Å². The highest BCUT2D eigenvalue weighted by molar-refractivity contribution is 7.11. The van der Waals surface area contributed by atoms with Crippen molar-refractivity contribution in [3.8, 4) is 0 Å². The molecule has 3 nitrogen and oxygen atoms in total. The Bertz CT molecular complexity index is 356. The number of alkyl halides is 3. The molecule has 0 aliphatic carbocycles. The van der Waals surface area contributed by atoms with Gasteiger partial charge in [-0.25, -0.2) is 4.98 Å². The molecule has 0 aromatic carbocycles. The lowest BCUT2D eigenvalue weighted by Crippen LogP contribution is -2.17. The zero-order valence-electron chi connectivity index (χ0n) is 11.1. The van der Waals surface area contributed by atoms with Gasteiger partial charge in [0.1, 0.15) is 6.61 Å². The van der Waals surface area contributed by atoms with Crippen LogP contribution in [0.5, 0.6) is 0 Å². The maximum absolute atomic E-state index is 11.9. The van der Waals surface area contributed by atoms with Gasteiger partial charge in [0, 0.05) is 17.8 Å². The highest BCUT2D eigenvalue weighted by Gasteiger charge is 2.27. The van der Waals surface area contributed by atoms with Gasteiger partial charge in [-0.15, -0.1) is 11.3 Å². The fourth-order valence-electron chi connectivity index (χ4n) is 1.62. The Morgan fingerprint density at radius 3 is 2.63 bits per heavy atom. The monoisotopic (exact) mass is 296 g/mol. The largest absolute Gasteiger partial charge is 0.411 e. The zero-order valence-corrected chi connectivity index (χ0v) is 12.0. The molecule has 1 rings (SSSR count). The first-order valence-electron chi connectivity index (χ1n) is 6.22. The fraction of sp³-hybridized carbons (Fsp3) is 0.750. The molecule has 110 valence electrons. The highest BCUT2D eigenvalue weighted by Crippen LogP contribution is 2.21. The Morgan fingerprint density at radius 2 is 2.05 bits per heavy atom. The van der Waals surface area contributed by atoms with Gasteiger partial charge in [0.2, 0.25) is 0 Å². The molecule has 1 aromatic heterocycles. The Balaban J connectivity index is 2.47. The Kier molecular flexibility index (Phi) is 6.74. The van der Waals surface area contributed by atoms with Gasteiger partial charge >= 0.3 is 6.18 Å². The number of nitrogens with one attached hydrogen (secondary N) is 1. The summed E-state index contributed by atoms with van der Waals surface area (Å²) in [6, 6.07) is 0. The molecule has 0 radical (unpaired) electrons. The van der Waals surface area contributed by atoms with Crippen molar-refractivity contribution in [1.29, 1.82) is 0 Å².